The van der Waals surface area contributed by atoms with Crippen LogP contribution in [0.15, 0.2) is 263 Å². The molecule has 0 saturated heterocycles. The first-order chi connectivity index (χ1) is 38.5. The quantitative estimate of drug-likeness (QED) is 0.166. The lowest BCUT2D eigenvalue weighted by Gasteiger charge is -2.10. The highest BCUT2D eigenvalue weighted by molar-refractivity contribution is 9.10. The minimum atomic E-state index is -0.241. The molecule has 16 aromatic rings. The summed E-state index contributed by atoms with van der Waals surface area (Å²) in [7, 11) is 0. The van der Waals surface area contributed by atoms with Gasteiger partial charge in [0.1, 0.15) is 33.7 Å². The van der Waals surface area contributed by atoms with Crippen LogP contribution in [-0.4, -0.2) is 47.8 Å². The number of aromatic nitrogens is 10. The van der Waals surface area contributed by atoms with E-state index >= 15 is 0 Å². The van der Waals surface area contributed by atoms with Gasteiger partial charge in [0.25, 0.3) is 0 Å². The molecule has 8 aromatic carbocycles. The zero-order chi connectivity index (χ0) is 52.3. The molecule has 0 aliphatic rings. The van der Waals surface area contributed by atoms with E-state index in [1.54, 1.807) is 9.13 Å². The van der Waals surface area contributed by atoms with Crippen LogP contribution in [0.3, 0.4) is 0 Å². The Bertz CT molecular complexity index is 4700. The van der Waals surface area contributed by atoms with Crippen molar-refractivity contribution in [1.29, 1.82) is 0 Å². The molecule has 0 aliphatic heterocycles. The molecule has 0 aliphatic carbocycles. The van der Waals surface area contributed by atoms with Crippen molar-refractivity contribution in [2.24, 2.45) is 0 Å². The lowest BCUT2D eigenvalue weighted by atomic mass is 10.2. The molecule has 78 heavy (non-hydrogen) atoms. The SMILES string of the molecule is Brc1cccc(-n2c3ccccc3c3ccccc32)n1.O=c1[nH]c2ccccc2[nH]1.O=c1n(-c2cccc(-n3c4ccccc4c4ccccc43)n2)c2ccccc2n1-c1cccc(-n2c3ccccc3c3ccccc32)n1. The second kappa shape index (κ2) is 19.1. The topological polar surface area (TPSA) is 129 Å². The second-order valence-electron chi connectivity index (χ2n) is 18.7. The summed E-state index contributed by atoms with van der Waals surface area (Å²) >= 11 is 3.45. The van der Waals surface area contributed by atoms with Gasteiger partial charge in [-0.15, -0.1) is 0 Å². The van der Waals surface area contributed by atoms with Gasteiger partial charge in [0.15, 0.2) is 0 Å². The molecule has 8 aromatic heterocycles. The number of rotatable bonds is 5. The Morgan fingerprint density at radius 2 is 0.526 bits per heavy atom. The van der Waals surface area contributed by atoms with Gasteiger partial charge in [0, 0.05) is 32.3 Å². The minimum Gasteiger partial charge on any atom is -0.306 e. The second-order valence-corrected chi connectivity index (χ2v) is 19.5. The fourth-order valence-corrected chi connectivity index (χ4v) is 11.3. The Morgan fingerprint density at radius 3 is 0.846 bits per heavy atom. The van der Waals surface area contributed by atoms with Crippen LogP contribution >= 0.6 is 15.9 Å². The summed E-state index contributed by atoms with van der Waals surface area (Å²) in [4.78, 5) is 45.4. The predicted molar refractivity (Wildman–Crippen MR) is 318 cm³/mol. The number of halogens is 1. The first-order valence-corrected chi connectivity index (χ1v) is 26.2. The molecule has 0 radical (unpaired) electrons. The summed E-state index contributed by atoms with van der Waals surface area (Å²) in [5.74, 6) is 3.47. The van der Waals surface area contributed by atoms with Crippen LogP contribution < -0.4 is 11.4 Å². The van der Waals surface area contributed by atoms with E-state index in [4.69, 9.17) is 9.97 Å². The Balaban J connectivity index is 0.000000149. The number of pyridine rings is 3. The van der Waals surface area contributed by atoms with E-state index in [0.29, 0.717) is 11.6 Å². The molecular weight excluding hydrogens is 1030 g/mol. The van der Waals surface area contributed by atoms with E-state index in [-0.39, 0.29) is 11.4 Å². The maximum absolute atomic E-state index is 14.6. The fraction of sp³-hybridized carbons (Fsp3) is 0. The summed E-state index contributed by atoms with van der Waals surface area (Å²) in [6.45, 7) is 0. The Morgan fingerprint density at radius 1 is 0.269 bits per heavy atom. The summed E-state index contributed by atoms with van der Waals surface area (Å²) in [6.07, 6.45) is 0. The molecule has 0 spiro atoms. The fourth-order valence-electron chi connectivity index (χ4n) is 10.9. The molecule has 13 heteroatoms. The van der Waals surface area contributed by atoms with E-state index < -0.39 is 0 Å². The Kier molecular flexibility index (Phi) is 11.3. The summed E-state index contributed by atoms with van der Waals surface area (Å²) in [5.41, 5.74) is 9.41. The molecule has 2 N–H and O–H groups in total. The lowest BCUT2D eigenvalue weighted by molar-refractivity contribution is 0.874. The van der Waals surface area contributed by atoms with Crippen molar-refractivity contribution >= 4 is 103 Å². The largest absolute Gasteiger partial charge is 0.340 e. The van der Waals surface area contributed by atoms with Crippen molar-refractivity contribution in [2.45, 2.75) is 0 Å². The van der Waals surface area contributed by atoms with Crippen LogP contribution in [-0.2, 0) is 0 Å². The van der Waals surface area contributed by atoms with Crippen molar-refractivity contribution in [3.05, 3.63) is 274 Å². The average molecular weight is 1080 g/mol. The van der Waals surface area contributed by atoms with Crippen molar-refractivity contribution in [3.63, 3.8) is 0 Å². The molecule has 8 heterocycles. The van der Waals surface area contributed by atoms with Crippen LogP contribution in [0.5, 0.6) is 0 Å². The first-order valence-electron chi connectivity index (χ1n) is 25.4. The van der Waals surface area contributed by atoms with Gasteiger partial charge >= 0.3 is 11.4 Å². The van der Waals surface area contributed by atoms with Crippen molar-refractivity contribution < 1.29 is 0 Å². The number of aromatic amines is 2. The molecule has 12 nitrogen and oxygen atoms in total. The third kappa shape index (κ3) is 7.79. The van der Waals surface area contributed by atoms with E-state index in [0.717, 1.165) is 87.7 Å². The number of hydrogen-bond acceptors (Lipinski definition) is 5. The number of imidazole rings is 2. The summed E-state index contributed by atoms with van der Waals surface area (Å²) in [5, 5.41) is 7.13. The molecule has 0 atom stereocenters. The van der Waals surface area contributed by atoms with Crippen LogP contribution in [0.25, 0.3) is 117 Å². The summed E-state index contributed by atoms with van der Waals surface area (Å²) < 4.78 is 10.7. The Labute approximate surface area is 452 Å². The molecule has 0 saturated carbocycles. The number of H-pyrrole nitrogens is 2. The molecule has 16 rings (SSSR count). The average Bonchev–Trinajstić information content (AvgIpc) is 4.39. The highest BCUT2D eigenvalue weighted by Crippen LogP contribution is 2.35. The van der Waals surface area contributed by atoms with Gasteiger partial charge in [-0.3, -0.25) is 13.7 Å². The number of para-hydroxylation sites is 10. The van der Waals surface area contributed by atoms with E-state index in [2.05, 4.69) is 166 Å². The third-order valence-electron chi connectivity index (χ3n) is 14.2. The van der Waals surface area contributed by atoms with Crippen LogP contribution in [0.1, 0.15) is 0 Å². The third-order valence-corrected chi connectivity index (χ3v) is 14.6. The maximum Gasteiger partial charge on any atom is 0.340 e. The monoisotopic (exact) mass is 1070 g/mol. The standard InChI is InChI=1S/C41H26N6O.C17H11BrN2.C7H6N2O/c48-41-46(39-25-11-23-37(42-39)44-31-17-5-1-13-27(31)28-14-2-6-18-32(28)44)35-21-9-10-22-36(35)47(41)40-26-12-24-38(43-40)45-33-19-7-3-15-29(33)30-16-4-8-20-34(30)45;18-16-10-5-11-17(19-16)20-14-8-3-1-6-12(14)13-7-2-4-9-15(13)20;10-7-8-5-3-1-2-4-6(5)9-7/h1-26H;1-11H;1-4H,(H2,8,9,10). The van der Waals surface area contributed by atoms with Crippen molar-refractivity contribution in [1.82, 2.24) is 47.8 Å². The zero-order valence-corrected chi connectivity index (χ0v) is 43.0. The molecule has 0 fully saturated rings. The number of hydrogen-bond donors (Lipinski definition) is 2. The van der Waals surface area contributed by atoms with E-state index in [1.165, 1.54) is 21.8 Å². The number of nitrogens with zero attached hydrogens (tertiary/aromatic N) is 8. The lowest BCUT2D eigenvalue weighted by Crippen LogP contribution is -2.23. The predicted octanol–water partition coefficient (Wildman–Crippen LogP) is 14.6. The van der Waals surface area contributed by atoms with Gasteiger partial charge in [-0.05, 0) is 113 Å². The van der Waals surface area contributed by atoms with Gasteiger partial charge in [0.05, 0.1) is 55.2 Å². The van der Waals surface area contributed by atoms with Crippen LogP contribution in [0.2, 0.25) is 0 Å². The number of benzene rings is 8. The summed E-state index contributed by atoms with van der Waals surface area (Å²) in [6, 6.07) is 83.2. The molecule has 0 unspecified atom stereocenters. The smallest absolute Gasteiger partial charge is 0.306 e. The molecule has 0 amide bonds. The maximum atomic E-state index is 14.6. The van der Waals surface area contributed by atoms with Gasteiger partial charge in [0.2, 0.25) is 0 Å². The van der Waals surface area contributed by atoms with Crippen molar-refractivity contribution in [2.75, 3.05) is 0 Å². The van der Waals surface area contributed by atoms with Gasteiger partial charge < -0.3 is 9.97 Å². The first kappa shape index (κ1) is 46.2. The highest BCUT2D eigenvalue weighted by Gasteiger charge is 2.21. The van der Waals surface area contributed by atoms with Crippen LogP contribution in [0, 0.1) is 0 Å². The van der Waals surface area contributed by atoms with Gasteiger partial charge in [-0.25, -0.2) is 33.7 Å². The minimum absolute atomic E-state index is 0.152. The highest BCUT2D eigenvalue weighted by atomic mass is 79.9. The number of nitrogens with one attached hydrogen (secondary N) is 2. The van der Waals surface area contributed by atoms with Gasteiger partial charge in [-0.2, -0.15) is 0 Å². The normalized spacial score (nSPS) is 11.5. The van der Waals surface area contributed by atoms with E-state index in [1.807, 2.05) is 127 Å². The molecular formula is C65H43BrN10O2. The molecule has 0 bridgehead atoms. The van der Waals surface area contributed by atoms with Gasteiger partial charge in [-0.1, -0.05) is 152 Å². The van der Waals surface area contributed by atoms with Crippen LogP contribution in [0.4, 0.5) is 0 Å². The zero-order valence-electron chi connectivity index (χ0n) is 41.4. The number of fused-ring (bicyclic) bond motifs is 11. The Hall–Kier alpha value is -10.4. The van der Waals surface area contributed by atoms with Crippen molar-refractivity contribution in [3.8, 4) is 29.1 Å². The van der Waals surface area contributed by atoms with E-state index in [9.17, 15) is 9.59 Å². The molecule has 372 valence electrons.